The summed E-state index contributed by atoms with van der Waals surface area (Å²) in [6.07, 6.45) is 7.12. The number of nitrogens with two attached hydrogens (primary N) is 1. The molecule has 0 aromatic carbocycles. The molecule has 0 radical (unpaired) electrons. The molecule has 1 atom stereocenters. The molecule has 0 spiro atoms. The summed E-state index contributed by atoms with van der Waals surface area (Å²) >= 11 is 0. The van der Waals surface area contributed by atoms with Gasteiger partial charge in [0.2, 0.25) is 0 Å². The molecule has 0 heterocycles. The van der Waals surface area contributed by atoms with Gasteiger partial charge < -0.3 is 4.74 Å². The first-order valence-corrected chi connectivity index (χ1v) is 7.03. The Labute approximate surface area is 106 Å². The number of hydrazine groups is 1. The molecule has 102 valence electrons. The summed E-state index contributed by atoms with van der Waals surface area (Å²) in [5.74, 6) is 5.77. The Morgan fingerprint density at radius 3 is 2.29 bits per heavy atom. The lowest BCUT2D eigenvalue weighted by Crippen LogP contribution is -2.53. The second-order valence-electron chi connectivity index (χ2n) is 6.52. The standard InChI is InChI=1S/C14H30N2O/c1-5-17-14(9-6-7-10-14)12(16-15)8-11-13(2,3)4/h12,16H,5-11,15H2,1-4H3. The second kappa shape index (κ2) is 6.17. The average Bonchev–Trinajstić information content (AvgIpc) is 2.67. The van der Waals surface area contributed by atoms with E-state index in [0.29, 0.717) is 11.5 Å². The molecule has 0 bridgehead atoms. The van der Waals surface area contributed by atoms with E-state index in [1.807, 2.05) is 0 Å². The maximum atomic E-state index is 6.07. The molecule has 0 saturated heterocycles. The molecule has 3 N–H and O–H groups in total. The van der Waals surface area contributed by atoms with E-state index in [2.05, 4.69) is 33.1 Å². The van der Waals surface area contributed by atoms with Gasteiger partial charge in [0, 0.05) is 6.61 Å². The normalized spacial score (nSPS) is 21.7. The van der Waals surface area contributed by atoms with E-state index < -0.39 is 0 Å². The summed E-state index contributed by atoms with van der Waals surface area (Å²) in [6.45, 7) is 9.71. The Morgan fingerprint density at radius 1 is 1.29 bits per heavy atom. The molecule has 1 unspecified atom stereocenters. The first-order chi connectivity index (χ1) is 7.93. The molecular formula is C14H30N2O. The number of hydrogen-bond acceptors (Lipinski definition) is 3. The molecule has 0 aromatic rings. The highest BCUT2D eigenvalue weighted by Gasteiger charge is 2.41. The third kappa shape index (κ3) is 4.23. The highest BCUT2D eigenvalue weighted by atomic mass is 16.5. The van der Waals surface area contributed by atoms with Gasteiger partial charge in [-0.25, -0.2) is 0 Å². The van der Waals surface area contributed by atoms with Gasteiger partial charge in [0.15, 0.2) is 0 Å². The Hall–Kier alpha value is -0.120. The van der Waals surface area contributed by atoms with Crippen molar-refractivity contribution in [2.45, 2.75) is 77.9 Å². The predicted octanol–water partition coefficient (Wildman–Crippen LogP) is 2.99. The van der Waals surface area contributed by atoms with Crippen LogP contribution in [0, 0.1) is 5.41 Å². The van der Waals surface area contributed by atoms with Crippen molar-refractivity contribution in [1.29, 1.82) is 0 Å². The summed E-state index contributed by atoms with van der Waals surface area (Å²) in [5, 5.41) is 0. The van der Waals surface area contributed by atoms with Crippen molar-refractivity contribution in [1.82, 2.24) is 5.43 Å². The molecule has 17 heavy (non-hydrogen) atoms. The van der Waals surface area contributed by atoms with E-state index in [0.717, 1.165) is 25.9 Å². The van der Waals surface area contributed by atoms with E-state index in [-0.39, 0.29) is 5.60 Å². The number of nitrogens with one attached hydrogen (secondary N) is 1. The van der Waals surface area contributed by atoms with Crippen LogP contribution in [0.25, 0.3) is 0 Å². The fourth-order valence-corrected chi connectivity index (χ4v) is 2.93. The Bertz CT molecular complexity index is 217. The van der Waals surface area contributed by atoms with Crippen LogP contribution in [0.5, 0.6) is 0 Å². The van der Waals surface area contributed by atoms with Crippen molar-refractivity contribution in [3.8, 4) is 0 Å². The van der Waals surface area contributed by atoms with Crippen LogP contribution in [0.2, 0.25) is 0 Å². The predicted molar refractivity (Wildman–Crippen MR) is 72.6 cm³/mol. The quantitative estimate of drug-likeness (QED) is 0.556. The highest BCUT2D eigenvalue weighted by molar-refractivity contribution is 4.96. The Balaban J connectivity index is 2.62. The highest BCUT2D eigenvalue weighted by Crippen LogP contribution is 2.38. The van der Waals surface area contributed by atoms with Gasteiger partial charge in [0.1, 0.15) is 0 Å². The maximum absolute atomic E-state index is 6.07. The van der Waals surface area contributed by atoms with Crippen LogP contribution in [0.15, 0.2) is 0 Å². The summed E-state index contributed by atoms with van der Waals surface area (Å²) in [7, 11) is 0. The van der Waals surface area contributed by atoms with Gasteiger partial charge in [-0.05, 0) is 38.0 Å². The van der Waals surface area contributed by atoms with Crippen LogP contribution in [-0.4, -0.2) is 18.2 Å². The van der Waals surface area contributed by atoms with Crippen LogP contribution >= 0.6 is 0 Å². The van der Waals surface area contributed by atoms with Gasteiger partial charge in [-0.1, -0.05) is 33.6 Å². The van der Waals surface area contributed by atoms with Crippen LogP contribution in [0.3, 0.4) is 0 Å². The van der Waals surface area contributed by atoms with Crippen molar-refractivity contribution >= 4 is 0 Å². The van der Waals surface area contributed by atoms with E-state index >= 15 is 0 Å². The molecule has 1 saturated carbocycles. The Morgan fingerprint density at radius 2 is 1.88 bits per heavy atom. The van der Waals surface area contributed by atoms with Crippen molar-refractivity contribution < 1.29 is 4.74 Å². The number of hydrogen-bond donors (Lipinski definition) is 2. The lowest BCUT2D eigenvalue weighted by Gasteiger charge is -2.38. The zero-order chi connectivity index (χ0) is 12.9. The van der Waals surface area contributed by atoms with Gasteiger partial charge in [-0.3, -0.25) is 11.3 Å². The minimum absolute atomic E-state index is 0.00521. The van der Waals surface area contributed by atoms with Gasteiger partial charge >= 0.3 is 0 Å². The topological polar surface area (TPSA) is 47.3 Å². The molecule has 0 aromatic heterocycles. The SMILES string of the molecule is CCOC1(C(CCC(C)(C)C)NN)CCCC1. The molecule has 0 aliphatic heterocycles. The number of rotatable bonds is 6. The van der Waals surface area contributed by atoms with Crippen molar-refractivity contribution in [3.63, 3.8) is 0 Å². The second-order valence-corrected chi connectivity index (χ2v) is 6.52. The van der Waals surface area contributed by atoms with E-state index in [9.17, 15) is 0 Å². The molecule has 1 fully saturated rings. The minimum Gasteiger partial charge on any atom is -0.374 e. The molecule has 0 amide bonds. The maximum Gasteiger partial charge on any atom is 0.0848 e. The third-order valence-corrected chi connectivity index (χ3v) is 3.90. The van der Waals surface area contributed by atoms with Gasteiger partial charge in [-0.15, -0.1) is 0 Å². The van der Waals surface area contributed by atoms with Crippen molar-refractivity contribution in [2.75, 3.05) is 6.61 Å². The van der Waals surface area contributed by atoms with Gasteiger partial charge in [0.25, 0.3) is 0 Å². The third-order valence-electron chi connectivity index (χ3n) is 3.90. The fraction of sp³-hybridized carbons (Fsp3) is 1.00. The fourth-order valence-electron chi connectivity index (χ4n) is 2.93. The largest absolute Gasteiger partial charge is 0.374 e. The Kier molecular flexibility index (Phi) is 5.42. The van der Waals surface area contributed by atoms with Gasteiger partial charge in [-0.2, -0.15) is 0 Å². The zero-order valence-electron chi connectivity index (χ0n) is 12.0. The molecule has 1 rings (SSSR count). The molecule has 3 heteroatoms. The van der Waals surface area contributed by atoms with E-state index in [1.54, 1.807) is 0 Å². The lowest BCUT2D eigenvalue weighted by atomic mass is 9.83. The average molecular weight is 242 g/mol. The van der Waals surface area contributed by atoms with Crippen molar-refractivity contribution in [3.05, 3.63) is 0 Å². The minimum atomic E-state index is -0.00521. The van der Waals surface area contributed by atoms with E-state index in [1.165, 1.54) is 19.3 Å². The summed E-state index contributed by atoms with van der Waals surface area (Å²) < 4.78 is 6.07. The molecule has 1 aliphatic rings. The summed E-state index contributed by atoms with van der Waals surface area (Å²) in [4.78, 5) is 0. The van der Waals surface area contributed by atoms with Crippen molar-refractivity contribution in [2.24, 2.45) is 11.3 Å². The molecule has 3 nitrogen and oxygen atoms in total. The van der Waals surface area contributed by atoms with Crippen LogP contribution in [0.4, 0.5) is 0 Å². The zero-order valence-corrected chi connectivity index (χ0v) is 12.0. The molecule has 1 aliphatic carbocycles. The summed E-state index contributed by atoms with van der Waals surface area (Å²) in [5.41, 5.74) is 3.37. The van der Waals surface area contributed by atoms with Crippen LogP contribution in [0.1, 0.15) is 66.2 Å². The van der Waals surface area contributed by atoms with Crippen LogP contribution < -0.4 is 11.3 Å². The monoisotopic (exact) mass is 242 g/mol. The molecular weight excluding hydrogens is 212 g/mol. The van der Waals surface area contributed by atoms with Gasteiger partial charge in [0.05, 0.1) is 11.6 Å². The number of ether oxygens (including phenoxy) is 1. The smallest absolute Gasteiger partial charge is 0.0848 e. The summed E-state index contributed by atoms with van der Waals surface area (Å²) in [6, 6.07) is 0.296. The lowest BCUT2D eigenvalue weighted by molar-refractivity contribution is -0.0650. The van der Waals surface area contributed by atoms with Crippen LogP contribution in [-0.2, 0) is 4.74 Å². The van der Waals surface area contributed by atoms with E-state index in [4.69, 9.17) is 10.6 Å². The first kappa shape index (κ1) is 14.9. The first-order valence-electron chi connectivity index (χ1n) is 7.03.